The van der Waals surface area contributed by atoms with Crippen LogP contribution in [0.1, 0.15) is 11.4 Å². The highest BCUT2D eigenvalue weighted by atomic mass is 35.5. The van der Waals surface area contributed by atoms with Crippen LogP contribution in [0, 0.1) is 0 Å². The van der Waals surface area contributed by atoms with Crippen molar-refractivity contribution in [3.05, 3.63) is 64.9 Å². The van der Waals surface area contributed by atoms with Crippen LogP contribution in [-0.2, 0) is 11.9 Å². The highest BCUT2D eigenvalue weighted by molar-refractivity contribution is 7.98. The molecule has 8 nitrogen and oxygen atoms in total. The SMILES string of the molecule is Nc1nc(N)nc(CSc2nnc(-c3ccccc3Cl)n2-c2cccc(C(F)(F)F)c2)n1. The molecule has 2 heterocycles. The van der Waals surface area contributed by atoms with Gasteiger partial charge < -0.3 is 11.5 Å². The Morgan fingerprint density at radius 3 is 2.34 bits per heavy atom. The summed E-state index contributed by atoms with van der Waals surface area (Å²) in [6.45, 7) is 0. The van der Waals surface area contributed by atoms with Crippen LogP contribution in [0.5, 0.6) is 0 Å². The van der Waals surface area contributed by atoms with E-state index in [4.69, 9.17) is 23.1 Å². The maximum Gasteiger partial charge on any atom is 0.416 e. The van der Waals surface area contributed by atoms with Crippen LogP contribution in [-0.4, -0.2) is 29.7 Å². The Morgan fingerprint density at radius 1 is 0.938 bits per heavy atom. The van der Waals surface area contributed by atoms with Crippen molar-refractivity contribution in [3.63, 3.8) is 0 Å². The Balaban J connectivity index is 1.80. The lowest BCUT2D eigenvalue weighted by molar-refractivity contribution is -0.137. The highest BCUT2D eigenvalue weighted by Gasteiger charge is 2.31. The average molecular weight is 479 g/mol. The van der Waals surface area contributed by atoms with E-state index in [9.17, 15) is 13.2 Å². The fourth-order valence-corrected chi connectivity index (χ4v) is 3.91. The minimum absolute atomic E-state index is 0.0378. The molecule has 0 saturated heterocycles. The second-order valence-electron chi connectivity index (χ2n) is 6.43. The summed E-state index contributed by atoms with van der Waals surface area (Å²) in [5.41, 5.74) is 11.1. The smallest absolute Gasteiger partial charge is 0.368 e. The van der Waals surface area contributed by atoms with Crippen LogP contribution in [0.3, 0.4) is 0 Å². The molecule has 0 bridgehead atoms. The van der Waals surface area contributed by atoms with Gasteiger partial charge in [0, 0.05) is 5.56 Å². The lowest BCUT2D eigenvalue weighted by Gasteiger charge is -2.13. The second-order valence-corrected chi connectivity index (χ2v) is 7.78. The molecule has 4 rings (SSSR count). The van der Waals surface area contributed by atoms with Crippen LogP contribution in [0.4, 0.5) is 25.1 Å². The third-order valence-electron chi connectivity index (χ3n) is 4.23. The summed E-state index contributed by atoms with van der Waals surface area (Å²) >= 11 is 7.46. The first-order valence-corrected chi connectivity index (χ1v) is 10.4. The summed E-state index contributed by atoms with van der Waals surface area (Å²) in [5.74, 6) is 0.676. The van der Waals surface area contributed by atoms with Crippen LogP contribution in [0.2, 0.25) is 5.02 Å². The summed E-state index contributed by atoms with van der Waals surface area (Å²) in [6.07, 6.45) is -4.51. The summed E-state index contributed by atoms with van der Waals surface area (Å²) in [7, 11) is 0. The van der Waals surface area contributed by atoms with Gasteiger partial charge >= 0.3 is 6.18 Å². The molecule has 0 atom stereocenters. The number of nitrogens with two attached hydrogens (primary N) is 2. The molecule has 2 aromatic heterocycles. The summed E-state index contributed by atoms with van der Waals surface area (Å²) < 4.78 is 41.5. The predicted octanol–water partition coefficient (Wildman–Crippen LogP) is 4.25. The first-order valence-electron chi connectivity index (χ1n) is 8.99. The normalized spacial score (nSPS) is 11.6. The number of hydrogen-bond donors (Lipinski definition) is 2. The van der Waals surface area contributed by atoms with Crippen LogP contribution in [0.15, 0.2) is 53.7 Å². The maximum absolute atomic E-state index is 13.3. The minimum atomic E-state index is -4.51. The third kappa shape index (κ3) is 4.60. The van der Waals surface area contributed by atoms with E-state index in [1.807, 2.05) is 0 Å². The van der Waals surface area contributed by atoms with Crippen molar-refractivity contribution in [2.45, 2.75) is 17.1 Å². The molecule has 4 N–H and O–H groups in total. The van der Waals surface area contributed by atoms with E-state index in [2.05, 4.69) is 25.1 Å². The largest absolute Gasteiger partial charge is 0.416 e. The number of hydrogen-bond acceptors (Lipinski definition) is 8. The van der Waals surface area contributed by atoms with E-state index >= 15 is 0 Å². The fourth-order valence-electron chi connectivity index (χ4n) is 2.88. The number of aromatic nitrogens is 6. The van der Waals surface area contributed by atoms with Gasteiger partial charge in [-0.2, -0.15) is 28.1 Å². The molecule has 0 aliphatic carbocycles. The predicted molar refractivity (Wildman–Crippen MR) is 115 cm³/mol. The summed E-state index contributed by atoms with van der Waals surface area (Å²) in [4.78, 5) is 11.7. The van der Waals surface area contributed by atoms with Crippen molar-refractivity contribution in [3.8, 4) is 17.1 Å². The standard InChI is InChI=1S/C19H14ClF3N8S/c20-13-7-2-1-6-12(13)15-29-30-18(32-9-14-26-16(24)28-17(25)27-14)31(15)11-5-3-4-10(8-11)19(21,22)23/h1-8H,9H2,(H4,24,25,26,27,28). The lowest BCUT2D eigenvalue weighted by Crippen LogP contribution is -2.08. The van der Waals surface area contributed by atoms with Crippen LogP contribution >= 0.6 is 23.4 Å². The minimum Gasteiger partial charge on any atom is -0.368 e. The Kier molecular flexibility index (Phi) is 5.89. The first kappa shape index (κ1) is 21.8. The molecule has 0 spiro atoms. The number of nitrogens with zero attached hydrogens (tertiary/aromatic N) is 6. The van der Waals surface area contributed by atoms with Gasteiger partial charge in [0.25, 0.3) is 0 Å². The lowest BCUT2D eigenvalue weighted by atomic mass is 10.1. The molecular formula is C19H14ClF3N8S. The van der Waals surface area contributed by atoms with Gasteiger partial charge in [-0.3, -0.25) is 4.57 Å². The second kappa shape index (κ2) is 8.63. The Morgan fingerprint density at radius 2 is 1.66 bits per heavy atom. The number of halogens is 4. The molecule has 0 saturated carbocycles. The van der Waals surface area contributed by atoms with Gasteiger partial charge in [-0.1, -0.05) is 41.6 Å². The van der Waals surface area contributed by atoms with Gasteiger partial charge in [0.15, 0.2) is 11.0 Å². The number of rotatable bonds is 5. The van der Waals surface area contributed by atoms with E-state index < -0.39 is 11.7 Å². The topological polar surface area (TPSA) is 121 Å². The molecule has 164 valence electrons. The summed E-state index contributed by atoms with van der Waals surface area (Å²) in [6, 6.07) is 11.7. The monoisotopic (exact) mass is 478 g/mol. The van der Waals surface area contributed by atoms with Crippen molar-refractivity contribution >= 4 is 35.3 Å². The Hall–Kier alpha value is -3.38. The molecule has 13 heteroatoms. The third-order valence-corrected chi connectivity index (χ3v) is 5.48. The Bertz CT molecular complexity index is 1260. The zero-order valence-electron chi connectivity index (χ0n) is 16.1. The Labute approximate surface area is 188 Å². The van der Waals surface area contributed by atoms with E-state index in [1.54, 1.807) is 24.3 Å². The molecule has 2 aromatic carbocycles. The van der Waals surface area contributed by atoms with Crippen LogP contribution in [0.25, 0.3) is 17.1 Å². The van der Waals surface area contributed by atoms with Gasteiger partial charge in [-0.15, -0.1) is 10.2 Å². The highest BCUT2D eigenvalue weighted by Crippen LogP contribution is 2.35. The van der Waals surface area contributed by atoms with E-state index in [0.717, 1.165) is 23.9 Å². The molecule has 0 fully saturated rings. The van der Waals surface area contributed by atoms with Crippen molar-refractivity contribution < 1.29 is 13.2 Å². The van der Waals surface area contributed by atoms with Crippen molar-refractivity contribution in [2.75, 3.05) is 11.5 Å². The maximum atomic E-state index is 13.3. The van der Waals surface area contributed by atoms with E-state index in [-0.39, 0.29) is 35.0 Å². The molecular weight excluding hydrogens is 465 g/mol. The number of nitrogen functional groups attached to an aromatic ring is 2. The zero-order chi connectivity index (χ0) is 22.9. The molecule has 0 amide bonds. The average Bonchev–Trinajstić information content (AvgIpc) is 3.15. The van der Waals surface area contributed by atoms with Crippen molar-refractivity contribution in [2.24, 2.45) is 0 Å². The zero-order valence-corrected chi connectivity index (χ0v) is 17.7. The number of benzene rings is 2. The summed E-state index contributed by atoms with van der Waals surface area (Å²) in [5, 5.41) is 9.03. The quantitative estimate of drug-likeness (QED) is 0.408. The van der Waals surface area contributed by atoms with Crippen molar-refractivity contribution in [1.29, 1.82) is 0 Å². The van der Waals surface area contributed by atoms with Gasteiger partial charge in [0.05, 0.1) is 22.0 Å². The number of alkyl halides is 3. The fraction of sp³-hybridized carbons (Fsp3) is 0.105. The molecule has 0 aliphatic heterocycles. The molecule has 4 aromatic rings. The van der Waals surface area contributed by atoms with Gasteiger partial charge in [-0.05, 0) is 30.3 Å². The van der Waals surface area contributed by atoms with Gasteiger partial charge in [0.2, 0.25) is 11.9 Å². The molecule has 0 aliphatic rings. The number of thioether (sulfide) groups is 1. The van der Waals surface area contributed by atoms with E-state index in [0.29, 0.717) is 15.7 Å². The van der Waals surface area contributed by atoms with Gasteiger partial charge in [-0.25, -0.2) is 0 Å². The van der Waals surface area contributed by atoms with Crippen molar-refractivity contribution in [1.82, 2.24) is 29.7 Å². The number of anilines is 2. The molecule has 0 radical (unpaired) electrons. The van der Waals surface area contributed by atoms with Crippen LogP contribution < -0.4 is 11.5 Å². The first-order chi connectivity index (χ1) is 15.2. The molecule has 32 heavy (non-hydrogen) atoms. The molecule has 0 unspecified atom stereocenters. The van der Waals surface area contributed by atoms with E-state index in [1.165, 1.54) is 16.7 Å². The van der Waals surface area contributed by atoms with Gasteiger partial charge in [0.1, 0.15) is 5.82 Å².